The fraction of sp³-hybridized carbons (Fsp3) is 0. The molecule has 2 aromatic carbocycles. The van der Waals surface area contributed by atoms with Crippen LogP contribution in [0.5, 0.6) is 0 Å². The largest absolute Gasteiger partial charge is 1.00 e. The van der Waals surface area contributed by atoms with Gasteiger partial charge in [0.1, 0.15) is 0 Å². The summed E-state index contributed by atoms with van der Waals surface area (Å²) in [6.45, 7) is 0. The average molecular weight is 375 g/mol. The number of nitrogens with zero attached hydrogens (tertiary/aromatic N) is 1. The molecule has 0 saturated carbocycles. The van der Waals surface area contributed by atoms with Gasteiger partial charge in [-0.15, -0.1) is 0 Å². The normalized spacial score (nSPS) is 9.88. The SMILES string of the molecule is O=C(Nc1ccc(Cl)cc1C(=O)[O-])c1cccc(-c2ccncc2)c1.[Na+]. The molecule has 0 aliphatic rings. The van der Waals surface area contributed by atoms with Crippen LogP contribution in [0.15, 0.2) is 67.0 Å². The van der Waals surface area contributed by atoms with E-state index in [1.807, 2.05) is 18.2 Å². The molecule has 0 saturated heterocycles. The summed E-state index contributed by atoms with van der Waals surface area (Å²) < 4.78 is 0. The van der Waals surface area contributed by atoms with Gasteiger partial charge in [0.05, 0.1) is 11.7 Å². The van der Waals surface area contributed by atoms with Gasteiger partial charge in [-0.2, -0.15) is 0 Å². The molecule has 0 aliphatic heterocycles. The number of amides is 1. The molecule has 0 unspecified atom stereocenters. The van der Waals surface area contributed by atoms with Gasteiger partial charge in [-0.25, -0.2) is 0 Å². The summed E-state index contributed by atoms with van der Waals surface area (Å²) in [5, 5.41) is 14.0. The molecule has 3 aromatic rings. The number of nitrogens with one attached hydrogen (secondary N) is 1. The number of aromatic nitrogens is 1. The van der Waals surface area contributed by atoms with Gasteiger partial charge in [-0.3, -0.25) is 9.78 Å². The molecule has 0 bridgehead atoms. The summed E-state index contributed by atoms with van der Waals surface area (Å²) in [4.78, 5) is 27.7. The molecular weight excluding hydrogens is 363 g/mol. The third kappa shape index (κ3) is 4.71. The second kappa shape index (κ2) is 8.96. The first-order chi connectivity index (χ1) is 12.0. The Morgan fingerprint density at radius 1 is 0.962 bits per heavy atom. The molecule has 5 nitrogen and oxygen atoms in total. The third-order valence-electron chi connectivity index (χ3n) is 3.59. The molecule has 26 heavy (non-hydrogen) atoms. The first-order valence-electron chi connectivity index (χ1n) is 7.37. The van der Waals surface area contributed by atoms with E-state index >= 15 is 0 Å². The summed E-state index contributed by atoms with van der Waals surface area (Å²) in [6.07, 6.45) is 3.34. The van der Waals surface area contributed by atoms with Crippen molar-refractivity contribution in [2.45, 2.75) is 0 Å². The molecule has 0 radical (unpaired) electrons. The van der Waals surface area contributed by atoms with Crippen LogP contribution in [0.2, 0.25) is 5.02 Å². The van der Waals surface area contributed by atoms with E-state index in [2.05, 4.69) is 10.3 Å². The van der Waals surface area contributed by atoms with Gasteiger partial charge < -0.3 is 15.2 Å². The Bertz CT molecular complexity index is 949. The first kappa shape index (κ1) is 20.1. The molecule has 0 aliphatic carbocycles. The molecule has 1 amide bonds. The minimum atomic E-state index is -1.41. The van der Waals surface area contributed by atoms with Crippen LogP contribution in [0.4, 0.5) is 5.69 Å². The zero-order valence-corrected chi connectivity index (χ0v) is 16.7. The Balaban J connectivity index is 0.00000243. The summed E-state index contributed by atoms with van der Waals surface area (Å²) in [7, 11) is 0. The minimum absolute atomic E-state index is 0. The van der Waals surface area contributed by atoms with E-state index in [0.29, 0.717) is 5.56 Å². The van der Waals surface area contributed by atoms with E-state index in [1.165, 1.54) is 18.2 Å². The van der Waals surface area contributed by atoms with Crippen LogP contribution in [0.3, 0.4) is 0 Å². The van der Waals surface area contributed by atoms with E-state index < -0.39 is 11.9 Å². The molecule has 1 N–H and O–H groups in total. The van der Waals surface area contributed by atoms with Crippen molar-refractivity contribution in [2.75, 3.05) is 5.32 Å². The number of carboxylic acid groups (broad SMARTS) is 1. The van der Waals surface area contributed by atoms with Gasteiger partial charge in [0, 0.05) is 28.5 Å². The fourth-order valence-corrected chi connectivity index (χ4v) is 2.55. The quantitative estimate of drug-likeness (QED) is 0.653. The van der Waals surface area contributed by atoms with Gasteiger partial charge in [0.2, 0.25) is 0 Å². The Morgan fingerprint density at radius 3 is 2.38 bits per heavy atom. The summed E-state index contributed by atoms with van der Waals surface area (Å²) in [5.74, 6) is -1.84. The third-order valence-corrected chi connectivity index (χ3v) is 3.82. The maximum absolute atomic E-state index is 12.5. The molecule has 124 valence electrons. The molecule has 0 atom stereocenters. The van der Waals surface area contributed by atoms with Crippen LogP contribution < -0.4 is 40.0 Å². The van der Waals surface area contributed by atoms with Crippen molar-refractivity contribution in [3.63, 3.8) is 0 Å². The zero-order chi connectivity index (χ0) is 17.8. The van der Waals surface area contributed by atoms with Gasteiger partial charge >= 0.3 is 29.6 Å². The number of aromatic carboxylic acids is 1. The molecule has 3 rings (SSSR count). The van der Waals surface area contributed by atoms with Crippen LogP contribution in [-0.4, -0.2) is 16.9 Å². The number of benzene rings is 2. The predicted molar refractivity (Wildman–Crippen MR) is 93.4 cm³/mol. The van der Waals surface area contributed by atoms with Crippen molar-refractivity contribution in [1.82, 2.24) is 4.98 Å². The van der Waals surface area contributed by atoms with Gasteiger partial charge in [0.15, 0.2) is 0 Å². The Morgan fingerprint density at radius 2 is 1.69 bits per heavy atom. The molecule has 1 aromatic heterocycles. The van der Waals surface area contributed by atoms with Crippen molar-refractivity contribution < 1.29 is 44.3 Å². The van der Waals surface area contributed by atoms with Crippen molar-refractivity contribution >= 4 is 29.2 Å². The molecule has 1 heterocycles. The summed E-state index contributed by atoms with van der Waals surface area (Å²) in [6, 6.07) is 14.8. The maximum Gasteiger partial charge on any atom is 1.00 e. The summed E-state index contributed by atoms with van der Waals surface area (Å²) >= 11 is 5.79. The number of carbonyl (C=O) groups excluding carboxylic acids is 2. The van der Waals surface area contributed by atoms with Crippen molar-refractivity contribution in [2.24, 2.45) is 0 Å². The molecule has 0 fully saturated rings. The second-order valence-corrected chi connectivity index (χ2v) is 5.68. The van der Waals surface area contributed by atoms with Crippen molar-refractivity contribution in [1.29, 1.82) is 0 Å². The van der Waals surface area contributed by atoms with Crippen LogP contribution in [-0.2, 0) is 0 Å². The summed E-state index contributed by atoms with van der Waals surface area (Å²) in [5.41, 5.74) is 2.13. The number of halogens is 1. The van der Waals surface area contributed by atoms with Gasteiger partial charge in [0.25, 0.3) is 5.91 Å². The zero-order valence-electron chi connectivity index (χ0n) is 13.9. The second-order valence-electron chi connectivity index (χ2n) is 5.25. The molecule has 7 heteroatoms. The predicted octanol–water partition coefficient (Wildman–Crippen LogP) is 0.0218. The average Bonchev–Trinajstić information content (AvgIpc) is 2.64. The number of rotatable bonds is 4. The Labute approximate surface area is 177 Å². The Hall–Kier alpha value is -2.18. The number of hydrogen-bond acceptors (Lipinski definition) is 4. The standard InChI is InChI=1S/C19H13ClN2O3.Na/c20-15-4-5-17(16(11-15)19(24)25)22-18(23)14-3-1-2-13(10-14)12-6-8-21-9-7-12;/h1-11H,(H,22,23)(H,24,25);/q;+1/p-1. The van der Waals surface area contributed by atoms with Crippen molar-refractivity contribution in [3.8, 4) is 11.1 Å². The van der Waals surface area contributed by atoms with E-state index in [-0.39, 0.29) is 45.8 Å². The van der Waals surface area contributed by atoms with Crippen molar-refractivity contribution in [3.05, 3.63) is 83.1 Å². The topological polar surface area (TPSA) is 82.1 Å². The number of carbonyl (C=O) groups is 2. The number of pyridine rings is 1. The van der Waals surface area contributed by atoms with Crippen LogP contribution >= 0.6 is 11.6 Å². The number of anilines is 1. The smallest absolute Gasteiger partial charge is 0.545 e. The molecular formula is C19H12ClN2NaO3. The van der Waals surface area contributed by atoms with Gasteiger partial charge in [-0.1, -0.05) is 23.7 Å². The van der Waals surface area contributed by atoms with E-state index in [1.54, 1.807) is 30.6 Å². The Kier molecular flexibility index (Phi) is 6.94. The monoisotopic (exact) mass is 374 g/mol. The van der Waals surface area contributed by atoms with Crippen LogP contribution in [0.25, 0.3) is 11.1 Å². The van der Waals surface area contributed by atoms with E-state index in [0.717, 1.165) is 11.1 Å². The van der Waals surface area contributed by atoms with Crippen LogP contribution in [0.1, 0.15) is 20.7 Å². The van der Waals surface area contributed by atoms with E-state index in [4.69, 9.17) is 11.6 Å². The van der Waals surface area contributed by atoms with E-state index in [9.17, 15) is 14.7 Å². The number of carboxylic acids is 1. The number of hydrogen-bond donors (Lipinski definition) is 1. The first-order valence-corrected chi connectivity index (χ1v) is 7.75. The maximum atomic E-state index is 12.5. The fourth-order valence-electron chi connectivity index (χ4n) is 2.37. The minimum Gasteiger partial charge on any atom is -0.545 e. The molecule has 0 spiro atoms. The van der Waals surface area contributed by atoms with Crippen LogP contribution in [0, 0.1) is 0 Å². The van der Waals surface area contributed by atoms with Gasteiger partial charge in [-0.05, 0) is 53.6 Å².